The van der Waals surface area contributed by atoms with E-state index in [1.165, 1.54) is 22.5 Å². The second kappa shape index (κ2) is 10.6. The van der Waals surface area contributed by atoms with Gasteiger partial charge in [-0.05, 0) is 48.9 Å². The van der Waals surface area contributed by atoms with Gasteiger partial charge in [-0.15, -0.1) is 0 Å². The quantitative estimate of drug-likeness (QED) is 0.597. The predicted octanol–water partition coefficient (Wildman–Crippen LogP) is 5.42. The van der Waals surface area contributed by atoms with Gasteiger partial charge in [-0.25, -0.2) is 8.42 Å². The number of hydrogen-bond donors (Lipinski definition) is 1. The van der Waals surface area contributed by atoms with Crippen LogP contribution in [0.1, 0.15) is 67.9 Å². The molecule has 0 aliphatic carbocycles. The molecule has 0 radical (unpaired) electrons. The zero-order valence-electron chi connectivity index (χ0n) is 18.2. The fourth-order valence-corrected chi connectivity index (χ4v) is 5.69. The summed E-state index contributed by atoms with van der Waals surface area (Å²) in [6.07, 6.45) is 4.55. The highest BCUT2D eigenvalue weighted by atomic mass is 35.5. The van der Waals surface area contributed by atoms with Crippen LogP contribution in [-0.2, 0) is 10.0 Å². The Morgan fingerprint density at radius 3 is 2.29 bits per heavy atom. The predicted molar refractivity (Wildman–Crippen MR) is 125 cm³/mol. The summed E-state index contributed by atoms with van der Waals surface area (Å²) >= 11 is 6.32. The van der Waals surface area contributed by atoms with Crippen molar-refractivity contribution >= 4 is 27.5 Å². The first kappa shape index (κ1) is 23.8. The average molecular weight is 463 g/mol. The molecule has 1 atom stereocenters. The molecule has 1 aliphatic heterocycles. The molecule has 5 nitrogen and oxygen atoms in total. The molecule has 0 spiro atoms. The fourth-order valence-electron chi connectivity index (χ4n) is 3.94. The molecule has 1 saturated heterocycles. The molecule has 1 fully saturated rings. The lowest BCUT2D eigenvalue weighted by molar-refractivity contribution is 0.0932. The monoisotopic (exact) mass is 462 g/mol. The summed E-state index contributed by atoms with van der Waals surface area (Å²) in [6.45, 7) is 5.22. The standard InChI is InChI=1S/C24H31ClN2O3S/c1-18(2)16-23(19-10-6-5-7-11-19)26-24(28)21-17-20(12-13-22(21)25)31(29,30)27-14-8-3-4-9-15-27/h5-7,10-13,17-18,23H,3-4,8-9,14-16H2,1-2H3,(H,26,28)/t23-/m0/s1. The lowest BCUT2D eigenvalue weighted by atomic mass is 9.96. The van der Waals surface area contributed by atoms with Crippen molar-refractivity contribution in [3.05, 3.63) is 64.7 Å². The van der Waals surface area contributed by atoms with Gasteiger partial charge in [0.15, 0.2) is 0 Å². The number of sulfonamides is 1. The first-order valence-corrected chi connectivity index (χ1v) is 12.8. The molecule has 2 aromatic rings. The molecule has 0 bridgehead atoms. The minimum Gasteiger partial charge on any atom is -0.345 e. The first-order valence-electron chi connectivity index (χ1n) is 10.9. The molecule has 0 unspecified atom stereocenters. The third-order valence-electron chi connectivity index (χ3n) is 5.60. The van der Waals surface area contributed by atoms with E-state index >= 15 is 0 Å². The normalized spacial score (nSPS) is 16.6. The number of rotatable bonds is 7. The number of halogens is 1. The first-order chi connectivity index (χ1) is 14.8. The van der Waals surface area contributed by atoms with E-state index in [0.717, 1.165) is 37.7 Å². The molecular weight excluding hydrogens is 432 g/mol. The third-order valence-corrected chi connectivity index (χ3v) is 7.82. The van der Waals surface area contributed by atoms with Gasteiger partial charge in [0.25, 0.3) is 5.91 Å². The molecule has 1 heterocycles. The molecule has 31 heavy (non-hydrogen) atoms. The van der Waals surface area contributed by atoms with Gasteiger partial charge in [0, 0.05) is 13.1 Å². The van der Waals surface area contributed by atoms with Crippen molar-refractivity contribution in [2.45, 2.75) is 56.9 Å². The minimum atomic E-state index is -3.66. The Balaban J connectivity index is 1.87. The second-order valence-corrected chi connectivity index (χ2v) is 10.9. The van der Waals surface area contributed by atoms with Crippen LogP contribution in [0.25, 0.3) is 0 Å². The van der Waals surface area contributed by atoms with Crippen molar-refractivity contribution in [3.63, 3.8) is 0 Å². The Hall–Kier alpha value is -1.89. The highest BCUT2D eigenvalue weighted by Crippen LogP contribution is 2.27. The van der Waals surface area contributed by atoms with Crippen molar-refractivity contribution in [3.8, 4) is 0 Å². The zero-order chi connectivity index (χ0) is 22.4. The van der Waals surface area contributed by atoms with Gasteiger partial charge in [0.05, 0.1) is 21.5 Å². The van der Waals surface area contributed by atoms with E-state index in [1.54, 1.807) is 0 Å². The van der Waals surface area contributed by atoms with Gasteiger partial charge in [-0.2, -0.15) is 4.31 Å². The van der Waals surface area contributed by atoms with Crippen molar-refractivity contribution < 1.29 is 13.2 Å². The zero-order valence-corrected chi connectivity index (χ0v) is 19.8. The lowest BCUT2D eigenvalue weighted by Crippen LogP contribution is -2.33. The molecular formula is C24H31ClN2O3S. The van der Waals surface area contributed by atoms with Crippen molar-refractivity contribution in [2.75, 3.05) is 13.1 Å². The molecule has 0 aromatic heterocycles. The van der Waals surface area contributed by atoms with Crippen molar-refractivity contribution in [1.29, 1.82) is 0 Å². The summed E-state index contributed by atoms with van der Waals surface area (Å²) in [6, 6.07) is 14.0. The van der Waals surface area contributed by atoms with Crippen molar-refractivity contribution in [1.82, 2.24) is 9.62 Å². The topological polar surface area (TPSA) is 66.5 Å². The number of nitrogens with one attached hydrogen (secondary N) is 1. The lowest BCUT2D eigenvalue weighted by Gasteiger charge is -2.22. The van der Waals surface area contributed by atoms with Crippen LogP contribution in [0, 0.1) is 5.92 Å². The molecule has 1 amide bonds. The van der Waals surface area contributed by atoms with E-state index in [9.17, 15) is 13.2 Å². The number of amides is 1. The van der Waals surface area contributed by atoms with Gasteiger partial charge in [-0.1, -0.05) is 68.6 Å². The maximum atomic E-state index is 13.2. The molecule has 0 saturated carbocycles. The maximum absolute atomic E-state index is 13.2. The van der Waals surface area contributed by atoms with Gasteiger partial charge in [-0.3, -0.25) is 4.79 Å². The number of benzene rings is 2. The number of carbonyl (C=O) groups is 1. The summed E-state index contributed by atoms with van der Waals surface area (Å²) in [7, 11) is -3.66. The number of carbonyl (C=O) groups excluding carboxylic acids is 1. The Morgan fingerprint density at radius 2 is 1.68 bits per heavy atom. The summed E-state index contributed by atoms with van der Waals surface area (Å²) in [5, 5.41) is 3.30. The van der Waals surface area contributed by atoms with E-state index in [4.69, 9.17) is 11.6 Å². The van der Waals surface area contributed by atoms with Crippen LogP contribution in [-0.4, -0.2) is 31.7 Å². The summed E-state index contributed by atoms with van der Waals surface area (Å²) in [5.41, 5.74) is 1.19. The van der Waals surface area contributed by atoms with E-state index in [0.29, 0.717) is 19.0 Å². The number of nitrogens with zero attached hydrogens (tertiary/aromatic N) is 1. The van der Waals surface area contributed by atoms with Crippen LogP contribution in [0.4, 0.5) is 0 Å². The largest absolute Gasteiger partial charge is 0.345 e. The third kappa shape index (κ3) is 6.09. The molecule has 2 aromatic carbocycles. The minimum absolute atomic E-state index is 0.115. The van der Waals surface area contributed by atoms with E-state index in [2.05, 4.69) is 19.2 Å². The van der Waals surface area contributed by atoms with Gasteiger partial charge in [0.2, 0.25) is 10.0 Å². The average Bonchev–Trinajstić information content (AvgIpc) is 3.04. The summed E-state index contributed by atoms with van der Waals surface area (Å²) in [4.78, 5) is 13.3. The second-order valence-electron chi connectivity index (χ2n) is 8.53. The molecule has 1 N–H and O–H groups in total. The highest BCUT2D eigenvalue weighted by molar-refractivity contribution is 7.89. The van der Waals surface area contributed by atoms with E-state index in [1.807, 2.05) is 30.3 Å². The molecule has 168 valence electrons. The Bertz CT molecular complexity index is 985. The Morgan fingerprint density at radius 1 is 1.03 bits per heavy atom. The van der Waals surface area contributed by atoms with Gasteiger partial charge < -0.3 is 5.32 Å². The van der Waals surface area contributed by atoms with Crippen molar-refractivity contribution in [2.24, 2.45) is 5.92 Å². The molecule has 7 heteroatoms. The van der Waals surface area contributed by atoms with Crippen LogP contribution < -0.4 is 5.32 Å². The SMILES string of the molecule is CC(C)C[C@H](NC(=O)c1cc(S(=O)(=O)N2CCCCCC2)ccc1Cl)c1ccccc1. The maximum Gasteiger partial charge on any atom is 0.253 e. The van der Waals surface area contributed by atoms with Gasteiger partial charge in [0.1, 0.15) is 0 Å². The fraction of sp³-hybridized carbons (Fsp3) is 0.458. The van der Waals surface area contributed by atoms with Gasteiger partial charge >= 0.3 is 0 Å². The Kier molecular flexibility index (Phi) is 8.14. The highest BCUT2D eigenvalue weighted by Gasteiger charge is 2.27. The van der Waals surface area contributed by atoms with E-state index < -0.39 is 10.0 Å². The molecule has 1 aliphatic rings. The summed E-state index contributed by atoms with van der Waals surface area (Å²) < 4.78 is 27.9. The molecule has 3 rings (SSSR count). The van der Waals surface area contributed by atoms with Crippen LogP contribution in [0.3, 0.4) is 0 Å². The van der Waals surface area contributed by atoms with Crippen LogP contribution >= 0.6 is 11.6 Å². The van der Waals surface area contributed by atoms with Crippen LogP contribution in [0.2, 0.25) is 5.02 Å². The van der Waals surface area contributed by atoms with E-state index in [-0.39, 0.29) is 27.4 Å². The van der Waals surface area contributed by atoms with Crippen LogP contribution in [0.5, 0.6) is 0 Å². The summed E-state index contributed by atoms with van der Waals surface area (Å²) in [5.74, 6) is 0.00291. The van der Waals surface area contributed by atoms with Crippen LogP contribution in [0.15, 0.2) is 53.4 Å². The Labute approximate surface area is 190 Å². The smallest absolute Gasteiger partial charge is 0.253 e. The number of hydrogen-bond acceptors (Lipinski definition) is 3.